The highest BCUT2D eigenvalue weighted by molar-refractivity contribution is 5.89. The molecule has 1 unspecified atom stereocenters. The zero-order valence-electron chi connectivity index (χ0n) is 9.55. The summed E-state index contributed by atoms with van der Waals surface area (Å²) in [5, 5.41) is 8.57. The Morgan fingerprint density at radius 2 is 2.12 bits per heavy atom. The minimum absolute atomic E-state index is 0.106. The van der Waals surface area contributed by atoms with Crippen molar-refractivity contribution in [3.8, 4) is 0 Å². The van der Waals surface area contributed by atoms with E-state index in [1.807, 2.05) is 5.48 Å². The maximum atomic E-state index is 11.7. The van der Waals surface area contributed by atoms with Crippen LogP contribution in [0.15, 0.2) is 24.3 Å². The van der Waals surface area contributed by atoms with Gasteiger partial charge in [0.1, 0.15) is 6.10 Å². The lowest BCUT2D eigenvalue weighted by Gasteiger charge is -2.16. The largest absolute Gasteiger partial charge is 0.455 e. The van der Waals surface area contributed by atoms with Gasteiger partial charge in [-0.25, -0.2) is 10.3 Å². The molecule has 1 aromatic carbocycles. The lowest BCUT2D eigenvalue weighted by Crippen LogP contribution is -2.33. The second kappa shape index (κ2) is 6.85. The predicted molar refractivity (Wildman–Crippen MR) is 61.7 cm³/mol. The number of carbonyl (C=O) groups excluding carboxylic acids is 1. The Bertz CT molecular complexity index is 347. The molecule has 0 bridgehead atoms. The van der Waals surface area contributed by atoms with Gasteiger partial charge < -0.3 is 20.4 Å². The number of anilines is 1. The third-order valence-electron chi connectivity index (χ3n) is 2.09. The highest BCUT2D eigenvalue weighted by atomic mass is 16.6. The van der Waals surface area contributed by atoms with Gasteiger partial charge in [0.2, 0.25) is 0 Å². The summed E-state index contributed by atoms with van der Waals surface area (Å²) in [6, 6.07) is 6.39. The van der Waals surface area contributed by atoms with Crippen molar-refractivity contribution in [3.05, 3.63) is 29.8 Å². The second-order valence-electron chi connectivity index (χ2n) is 3.47. The first kappa shape index (κ1) is 13.4. The van der Waals surface area contributed by atoms with Gasteiger partial charge in [0, 0.05) is 12.8 Å². The fraction of sp³-hybridized carbons (Fsp3) is 0.364. The van der Waals surface area contributed by atoms with Crippen LogP contribution in [-0.4, -0.2) is 37.5 Å². The summed E-state index contributed by atoms with van der Waals surface area (Å²) in [5.74, 6) is -0.484. The zero-order valence-corrected chi connectivity index (χ0v) is 9.55. The molecule has 17 heavy (non-hydrogen) atoms. The highest BCUT2D eigenvalue weighted by Gasteiger charge is 2.15. The molecular weight excluding hydrogens is 224 g/mol. The molecule has 94 valence electrons. The van der Waals surface area contributed by atoms with Crippen LogP contribution < -0.4 is 11.2 Å². The van der Waals surface area contributed by atoms with Crippen LogP contribution in [0.4, 0.5) is 5.69 Å². The van der Waals surface area contributed by atoms with Gasteiger partial charge in [0.25, 0.3) is 0 Å². The van der Waals surface area contributed by atoms with Crippen LogP contribution >= 0.6 is 0 Å². The Morgan fingerprint density at radius 1 is 1.47 bits per heavy atom. The summed E-state index contributed by atoms with van der Waals surface area (Å²) in [4.78, 5) is 11.7. The Labute approximate surface area is 99.3 Å². The summed E-state index contributed by atoms with van der Waals surface area (Å²) in [6.07, 6.45) is -0.546. The Morgan fingerprint density at radius 3 is 2.65 bits per heavy atom. The zero-order chi connectivity index (χ0) is 12.7. The first-order valence-electron chi connectivity index (χ1n) is 5.09. The first-order chi connectivity index (χ1) is 8.17. The SMILES string of the molecule is COCC(CNO)OC(=O)c1ccc(N)cc1. The van der Waals surface area contributed by atoms with Crippen molar-refractivity contribution in [2.75, 3.05) is 26.0 Å². The molecule has 1 atom stereocenters. The summed E-state index contributed by atoms with van der Waals surface area (Å²) >= 11 is 0. The molecule has 6 nitrogen and oxygen atoms in total. The number of hydroxylamine groups is 1. The minimum Gasteiger partial charge on any atom is -0.455 e. The second-order valence-corrected chi connectivity index (χ2v) is 3.47. The van der Waals surface area contributed by atoms with Crippen molar-refractivity contribution >= 4 is 11.7 Å². The van der Waals surface area contributed by atoms with E-state index in [0.717, 1.165) is 0 Å². The van der Waals surface area contributed by atoms with E-state index in [-0.39, 0.29) is 13.2 Å². The molecular formula is C11H16N2O4. The van der Waals surface area contributed by atoms with Gasteiger partial charge in [-0.05, 0) is 24.3 Å². The summed E-state index contributed by atoms with van der Waals surface area (Å²) in [6.45, 7) is 0.308. The Hall–Kier alpha value is -1.63. The van der Waals surface area contributed by atoms with Crippen molar-refractivity contribution in [2.24, 2.45) is 0 Å². The molecule has 0 aromatic heterocycles. The topological polar surface area (TPSA) is 93.8 Å². The molecule has 6 heteroatoms. The van der Waals surface area contributed by atoms with Gasteiger partial charge in [0.05, 0.1) is 18.7 Å². The lowest BCUT2D eigenvalue weighted by molar-refractivity contribution is -0.00615. The lowest BCUT2D eigenvalue weighted by atomic mass is 10.2. The molecule has 0 heterocycles. The van der Waals surface area contributed by atoms with Gasteiger partial charge in [0.15, 0.2) is 0 Å². The van der Waals surface area contributed by atoms with E-state index < -0.39 is 12.1 Å². The molecule has 0 aliphatic heterocycles. The number of nitrogen functional groups attached to an aromatic ring is 1. The fourth-order valence-corrected chi connectivity index (χ4v) is 1.26. The number of hydrogen-bond donors (Lipinski definition) is 3. The number of benzene rings is 1. The maximum absolute atomic E-state index is 11.7. The molecule has 0 fully saturated rings. The normalized spacial score (nSPS) is 12.1. The van der Waals surface area contributed by atoms with E-state index >= 15 is 0 Å². The van der Waals surface area contributed by atoms with Crippen LogP contribution in [0, 0.1) is 0 Å². The van der Waals surface area contributed by atoms with Crippen molar-refractivity contribution in [2.45, 2.75) is 6.10 Å². The number of nitrogens with two attached hydrogens (primary N) is 1. The Kier molecular flexibility index (Phi) is 5.41. The van der Waals surface area contributed by atoms with Crippen LogP contribution in [0.25, 0.3) is 0 Å². The number of hydrogen-bond acceptors (Lipinski definition) is 6. The van der Waals surface area contributed by atoms with E-state index in [2.05, 4.69) is 0 Å². The minimum atomic E-state index is -0.546. The first-order valence-corrected chi connectivity index (χ1v) is 5.09. The van der Waals surface area contributed by atoms with Gasteiger partial charge in [-0.1, -0.05) is 0 Å². The summed E-state index contributed by atoms with van der Waals surface area (Å²) in [7, 11) is 1.49. The fourth-order valence-electron chi connectivity index (χ4n) is 1.26. The molecule has 0 aliphatic rings. The molecule has 1 aromatic rings. The standard InChI is InChI=1S/C11H16N2O4/c1-16-7-10(6-13-15)17-11(14)8-2-4-9(12)5-3-8/h2-5,10,13,15H,6-7,12H2,1H3. The average molecular weight is 240 g/mol. The number of rotatable bonds is 6. The third kappa shape index (κ3) is 4.39. The number of nitrogens with one attached hydrogen (secondary N) is 1. The van der Waals surface area contributed by atoms with E-state index in [4.69, 9.17) is 20.4 Å². The van der Waals surface area contributed by atoms with Gasteiger partial charge in [-0.3, -0.25) is 0 Å². The molecule has 0 amide bonds. The van der Waals surface area contributed by atoms with E-state index in [0.29, 0.717) is 11.3 Å². The van der Waals surface area contributed by atoms with Gasteiger partial charge in [-0.15, -0.1) is 0 Å². The number of methoxy groups -OCH3 is 1. The number of carbonyl (C=O) groups is 1. The maximum Gasteiger partial charge on any atom is 0.338 e. The van der Waals surface area contributed by atoms with Crippen LogP contribution in [0.3, 0.4) is 0 Å². The monoisotopic (exact) mass is 240 g/mol. The van der Waals surface area contributed by atoms with Crippen molar-refractivity contribution in [3.63, 3.8) is 0 Å². The average Bonchev–Trinajstić information content (AvgIpc) is 2.30. The molecule has 0 saturated carbocycles. The molecule has 0 radical (unpaired) electrons. The van der Waals surface area contributed by atoms with Gasteiger partial charge in [-0.2, -0.15) is 0 Å². The smallest absolute Gasteiger partial charge is 0.338 e. The van der Waals surface area contributed by atoms with Crippen LogP contribution in [0.2, 0.25) is 0 Å². The molecule has 1 rings (SSSR count). The summed E-state index contributed by atoms with van der Waals surface area (Å²) in [5.41, 5.74) is 8.43. The number of ether oxygens (including phenoxy) is 2. The predicted octanol–water partition coefficient (Wildman–Crippen LogP) is 0.419. The van der Waals surface area contributed by atoms with Crippen LogP contribution in [0.1, 0.15) is 10.4 Å². The molecule has 0 saturated heterocycles. The molecule has 0 aliphatic carbocycles. The number of esters is 1. The van der Waals surface area contributed by atoms with Crippen LogP contribution in [0.5, 0.6) is 0 Å². The Balaban J connectivity index is 2.60. The van der Waals surface area contributed by atoms with E-state index in [1.165, 1.54) is 7.11 Å². The summed E-state index contributed by atoms with van der Waals surface area (Å²) < 4.78 is 9.99. The van der Waals surface area contributed by atoms with E-state index in [9.17, 15) is 4.79 Å². The van der Waals surface area contributed by atoms with Crippen molar-refractivity contribution in [1.29, 1.82) is 0 Å². The highest BCUT2D eigenvalue weighted by Crippen LogP contribution is 2.08. The van der Waals surface area contributed by atoms with Crippen molar-refractivity contribution < 1.29 is 19.5 Å². The van der Waals surface area contributed by atoms with Crippen LogP contribution in [-0.2, 0) is 9.47 Å². The quantitative estimate of drug-likeness (QED) is 0.379. The molecule has 4 N–H and O–H groups in total. The third-order valence-corrected chi connectivity index (χ3v) is 2.09. The van der Waals surface area contributed by atoms with Gasteiger partial charge >= 0.3 is 5.97 Å². The van der Waals surface area contributed by atoms with Crippen molar-refractivity contribution in [1.82, 2.24) is 5.48 Å². The molecule has 0 spiro atoms. The van der Waals surface area contributed by atoms with E-state index in [1.54, 1.807) is 24.3 Å².